The van der Waals surface area contributed by atoms with Gasteiger partial charge in [0.25, 0.3) is 0 Å². The van der Waals surface area contributed by atoms with Crippen LogP contribution < -0.4 is 0 Å². The lowest BCUT2D eigenvalue weighted by molar-refractivity contribution is 0.251. The predicted octanol–water partition coefficient (Wildman–Crippen LogP) is -0.217. The molecule has 4 nitrogen and oxygen atoms in total. The minimum absolute atomic E-state index is 0.0174. The van der Waals surface area contributed by atoms with Gasteiger partial charge in [-0.1, -0.05) is 0 Å². The van der Waals surface area contributed by atoms with Gasteiger partial charge in [-0.2, -0.15) is 10.5 Å². The van der Waals surface area contributed by atoms with E-state index in [1.54, 1.807) is 12.1 Å². The van der Waals surface area contributed by atoms with E-state index in [0.717, 1.165) is 0 Å². The molecule has 0 aromatic heterocycles. The van der Waals surface area contributed by atoms with Gasteiger partial charge in [0.1, 0.15) is 6.10 Å². The average molecular weight is 142 g/mol. The van der Waals surface area contributed by atoms with Crippen molar-refractivity contribution in [1.29, 1.82) is 10.5 Å². The minimum Gasteiger partial charge on any atom is -0.395 e. The Morgan fingerprint density at radius 1 is 1.50 bits per heavy atom. The Kier molecular flexibility index (Phi) is 12.6. The van der Waals surface area contributed by atoms with Gasteiger partial charge in [-0.3, -0.25) is 0 Å². The topological polar surface area (TPSA) is 88.0 Å². The third kappa shape index (κ3) is 28.6. The summed E-state index contributed by atoms with van der Waals surface area (Å²) in [6.45, 7) is 1.40. The largest absolute Gasteiger partial charge is 0.395 e. The summed E-state index contributed by atoms with van der Waals surface area (Å²) in [4.78, 5) is 0. The van der Waals surface area contributed by atoms with Gasteiger partial charge in [0.05, 0.1) is 25.2 Å². The number of hydrogen-bond donors (Lipinski definition) is 2. The Morgan fingerprint density at radius 3 is 1.90 bits per heavy atom. The molecule has 0 aromatic carbocycles. The van der Waals surface area contributed by atoms with Crippen LogP contribution in [0.4, 0.5) is 0 Å². The minimum atomic E-state index is -0.810. The first-order valence-electron chi connectivity index (χ1n) is 2.74. The van der Waals surface area contributed by atoms with Crippen molar-refractivity contribution < 1.29 is 10.2 Å². The molecule has 56 valence electrons. The Balaban J connectivity index is 0. The summed E-state index contributed by atoms with van der Waals surface area (Å²) in [5.74, 6) is 0. The van der Waals surface area contributed by atoms with E-state index >= 15 is 0 Å². The molecular weight excluding hydrogens is 132 g/mol. The highest BCUT2D eigenvalue weighted by Crippen LogP contribution is 1.66. The molecule has 0 aromatic rings. The van der Waals surface area contributed by atoms with Crippen LogP contribution in [0.15, 0.2) is 0 Å². The lowest BCUT2D eigenvalue weighted by Crippen LogP contribution is -1.90. The van der Waals surface area contributed by atoms with Crippen LogP contribution in [0, 0.1) is 22.7 Å². The number of aliphatic hydroxyl groups excluding tert-OH is 2. The quantitative estimate of drug-likeness (QED) is 0.495. The molecule has 0 aliphatic carbocycles. The molecule has 4 heteroatoms. The first-order valence-corrected chi connectivity index (χ1v) is 2.74. The molecule has 0 aliphatic rings. The number of nitriles is 2. The highest BCUT2D eigenvalue weighted by Gasteiger charge is 1.80. The maximum Gasteiger partial charge on any atom is 0.137 e. The van der Waals surface area contributed by atoms with Crippen LogP contribution in [0.5, 0.6) is 0 Å². The van der Waals surface area contributed by atoms with Crippen LogP contribution in [0.2, 0.25) is 0 Å². The fourth-order valence-electron chi connectivity index (χ4n) is 0.0500. The van der Waals surface area contributed by atoms with E-state index in [1.807, 2.05) is 0 Å². The number of rotatable bonds is 1. The summed E-state index contributed by atoms with van der Waals surface area (Å²) in [7, 11) is 0. The van der Waals surface area contributed by atoms with Crippen LogP contribution in [-0.2, 0) is 0 Å². The summed E-state index contributed by atoms with van der Waals surface area (Å²) < 4.78 is 0. The highest BCUT2D eigenvalue weighted by molar-refractivity contribution is 4.75. The maximum atomic E-state index is 8.00. The van der Waals surface area contributed by atoms with E-state index in [0.29, 0.717) is 0 Å². The molecule has 0 saturated heterocycles. The van der Waals surface area contributed by atoms with E-state index in [2.05, 4.69) is 0 Å². The lowest BCUT2D eigenvalue weighted by Gasteiger charge is -1.76. The second-order valence-corrected chi connectivity index (χ2v) is 1.44. The first kappa shape index (κ1) is 11.7. The highest BCUT2D eigenvalue weighted by atomic mass is 16.3. The zero-order valence-corrected chi connectivity index (χ0v) is 5.78. The molecule has 2 N–H and O–H groups in total. The van der Waals surface area contributed by atoms with Crippen LogP contribution in [0.3, 0.4) is 0 Å². The van der Waals surface area contributed by atoms with E-state index in [9.17, 15) is 0 Å². The van der Waals surface area contributed by atoms with Crippen molar-refractivity contribution in [3.63, 3.8) is 0 Å². The van der Waals surface area contributed by atoms with Crippen molar-refractivity contribution in [3.8, 4) is 12.1 Å². The molecule has 10 heavy (non-hydrogen) atoms. The summed E-state index contributed by atoms with van der Waals surface area (Å²) in [6.07, 6.45) is -0.560. The van der Waals surface area contributed by atoms with Crippen molar-refractivity contribution in [2.24, 2.45) is 0 Å². The third-order valence-corrected chi connectivity index (χ3v) is 0.410. The zero-order valence-electron chi connectivity index (χ0n) is 5.78. The molecule has 0 amide bonds. The van der Waals surface area contributed by atoms with E-state index in [1.165, 1.54) is 6.92 Å². The van der Waals surface area contributed by atoms with Crippen molar-refractivity contribution in [1.82, 2.24) is 0 Å². The maximum absolute atomic E-state index is 8.00. The Labute approximate surface area is 59.9 Å². The van der Waals surface area contributed by atoms with Gasteiger partial charge in [0, 0.05) is 0 Å². The third-order valence-electron chi connectivity index (χ3n) is 0.410. The fraction of sp³-hybridized carbons (Fsp3) is 0.667. The van der Waals surface area contributed by atoms with Gasteiger partial charge < -0.3 is 10.2 Å². The van der Waals surface area contributed by atoms with Crippen molar-refractivity contribution in [3.05, 3.63) is 0 Å². The SMILES string of the molecule is CC(O)C#N.N#CCCO. The average Bonchev–Trinajstić information content (AvgIpc) is 1.91. The molecule has 0 spiro atoms. The fourth-order valence-corrected chi connectivity index (χ4v) is 0.0500. The molecule has 1 unspecified atom stereocenters. The molecule has 0 fully saturated rings. The van der Waals surface area contributed by atoms with Crippen molar-refractivity contribution >= 4 is 0 Å². The van der Waals surface area contributed by atoms with Gasteiger partial charge in [0.2, 0.25) is 0 Å². The van der Waals surface area contributed by atoms with Crippen LogP contribution in [0.25, 0.3) is 0 Å². The second-order valence-electron chi connectivity index (χ2n) is 1.44. The predicted molar refractivity (Wildman–Crippen MR) is 34.6 cm³/mol. The van der Waals surface area contributed by atoms with E-state index < -0.39 is 6.10 Å². The van der Waals surface area contributed by atoms with Gasteiger partial charge >= 0.3 is 0 Å². The molecular formula is C6H10N2O2. The second kappa shape index (κ2) is 10.8. The molecule has 0 saturated carbocycles. The van der Waals surface area contributed by atoms with Gasteiger partial charge in [-0.15, -0.1) is 0 Å². The van der Waals surface area contributed by atoms with E-state index in [4.69, 9.17) is 20.7 Å². The Morgan fingerprint density at radius 2 is 1.90 bits per heavy atom. The molecule has 0 radical (unpaired) electrons. The van der Waals surface area contributed by atoms with Crippen molar-refractivity contribution in [2.75, 3.05) is 6.61 Å². The number of hydrogen-bond acceptors (Lipinski definition) is 4. The molecule has 0 rings (SSSR count). The first-order chi connectivity index (χ1) is 4.68. The van der Waals surface area contributed by atoms with Gasteiger partial charge in [0.15, 0.2) is 0 Å². The molecule has 0 heterocycles. The Hall–Kier alpha value is -1.10. The molecule has 0 aliphatic heterocycles. The number of aliphatic hydroxyl groups is 2. The van der Waals surface area contributed by atoms with Gasteiger partial charge in [-0.05, 0) is 6.92 Å². The van der Waals surface area contributed by atoms with Crippen LogP contribution in [0.1, 0.15) is 13.3 Å². The van der Waals surface area contributed by atoms with Gasteiger partial charge in [-0.25, -0.2) is 0 Å². The monoisotopic (exact) mass is 142 g/mol. The smallest absolute Gasteiger partial charge is 0.137 e. The summed E-state index contributed by atoms with van der Waals surface area (Å²) in [6, 6.07) is 3.35. The Bertz CT molecular complexity index is 132. The molecule has 1 atom stereocenters. The zero-order chi connectivity index (χ0) is 8.41. The van der Waals surface area contributed by atoms with Crippen LogP contribution >= 0.6 is 0 Å². The standard InChI is InChI=1S/2C3H5NO/c1-3(5)2-4;4-2-1-3-5/h3,5H,1H3;5H,1,3H2. The number of nitrogens with zero attached hydrogens (tertiary/aromatic N) is 2. The summed E-state index contributed by atoms with van der Waals surface area (Å²) in [5.41, 5.74) is 0. The molecule has 0 bridgehead atoms. The lowest BCUT2D eigenvalue weighted by atomic mass is 10.5. The summed E-state index contributed by atoms with van der Waals surface area (Å²) in [5, 5.41) is 31.1. The van der Waals surface area contributed by atoms with Crippen molar-refractivity contribution in [2.45, 2.75) is 19.4 Å². The van der Waals surface area contributed by atoms with Crippen LogP contribution in [-0.4, -0.2) is 22.9 Å². The normalized spacial score (nSPS) is 9.70. The summed E-state index contributed by atoms with van der Waals surface area (Å²) >= 11 is 0. The van der Waals surface area contributed by atoms with E-state index in [-0.39, 0.29) is 13.0 Å².